The van der Waals surface area contributed by atoms with Crippen molar-refractivity contribution in [1.82, 2.24) is 0 Å². The maximum atomic E-state index is 14.2. The standard InChI is InChI=1S/C74H102O40/c1-7-33-37(41(62(92)93)27-103-67(33)111-71-58(88)54(84)50(80)45(23-75)107-71)15-20-101-65(97)43-29-105-69(113-73-60(90)56(86)52(82)47(25-77)109-73)35(9-3)39(43)14-18-99-49(79)22-31(5)12-11-13-32(6)64(96)100-19-17-40-36(10-4)70(114-74-61(91)57(87)53(83)48(26-78)110-74)106-30-44(40)66(98)102-21-16-38-34(8-2)68(104-28-42(38)63(94)95)112-72-59(89)55(85)51(81)46(24-76)108-72/h7-10,13,22,27-30,33-40,45-48,50-61,67-78,80-91H,1-4,11-12,14-21,23-26H2,5-6H3,(H,92,93)(H,94,95)/b31-22+,32-13+/t33-,34-,35-,36-,37+,38+,39+,40+,45-,46-,47-,48-,50-,51-,52-,53-,54+,55+,56+,57+,58-,59-,60-,61-,67+,68+,69+,70+,71+,72+,73+,74+/m1/s1. The third-order valence-corrected chi connectivity index (χ3v) is 20.9. The topological polar surface area (TPSA) is 614 Å². The van der Waals surface area contributed by atoms with Crippen molar-refractivity contribution in [2.45, 2.75) is 200 Å². The molecule has 0 spiro atoms. The lowest BCUT2D eigenvalue weighted by Gasteiger charge is -2.43. The van der Waals surface area contributed by atoms with E-state index in [0.717, 1.165) is 25.0 Å². The van der Waals surface area contributed by atoms with Crippen molar-refractivity contribution in [3.05, 3.63) is 121 Å². The molecule has 8 rings (SSSR count). The van der Waals surface area contributed by atoms with Gasteiger partial charge in [0.25, 0.3) is 0 Å². The summed E-state index contributed by atoms with van der Waals surface area (Å²) in [6.45, 7) is 13.3. The van der Waals surface area contributed by atoms with Crippen LogP contribution in [0.5, 0.6) is 0 Å². The molecule has 0 unspecified atom stereocenters. The van der Waals surface area contributed by atoms with E-state index in [1.165, 1.54) is 43.4 Å². The van der Waals surface area contributed by atoms with Crippen molar-refractivity contribution in [1.29, 1.82) is 0 Å². The minimum absolute atomic E-state index is 0.0994. The number of carbonyl (C=O) groups is 6. The highest BCUT2D eigenvalue weighted by molar-refractivity contribution is 5.91. The molecule has 8 aliphatic rings. The minimum atomic E-state index is -1.90. The fourth-order valence-electron chi connectivity index (χ4n) is 14.2. The second-order valence-electron chi connectivity index (χ2n) is 28.1. The lowest BCUT2D eigenvalue weighted by atomic mass is 9.81. The Morgan fingerprint density at radius 3 is 0.930 bits per heavy atom. The second kappa shape index (κ2) is 42.5. The quantitative estimate of drug-likeness (QED) is 0.0121. The highest BCUT2D eigenvalue weighted by Crippen LogP contribution is 2.43. The first-order chi connectivity index (χ1) is 54.3. The van der Waals surface area contributed by atoms with Gasteiger partial charge in [-0.25, -0.2) is 28.8 Å². The summed E-state index contributed by atoms with van der Waals surface area (Å²) in [5.74, 6) is -15.2. The summed E-state index contributed by atoms with van der Waals surface area (Å²) in [5.41, 5.74) is -0.450. The van der Waals surface area contributed by atoms with Gasteiger partial charge in [0.1, 0.15) is 97.7 Å². The molecule has 4 saturated heterocycles. The van der Waals surface area contributed by atoms with E-state index in [4.69, 9.17) is 75.8 Å². The van der Waals surface area contributed by atoms with Crippen molar-refractivity contribution in [3.63, 3.8) is 0 Å². The van der Waals surface area contributed by atoms with Gasteiger partial charge in [-0.05, 0) is 52.4 Å². The second-order valence-corrected chi connectivity index (χ2v) is 28.1. The van der Waals surface area contributed by atoms with Crippen LogP contribution in [0.1, 0.15) is 52.4 Å². The summed E-state index contributed by atoms with van der Waals surface area (Å²) in [5, 5.41) is 186. The maximum absolute atomic E-state index is 14.2. The monoisotopic (exact) mass is 1630 g/mol. The number of aliphatic carboxylic acids is 2. The first-order valence-electron chi connectivity index (χ1n) is 36.6. The number of esters is 4. The number of rotatable bonds is 37. The summed E-state index contributed by atoms with van der Waals surface area (Å²) < 4.78 is 91.0. The number of carboxylic acids is 2. The third-order valence-electron chi connectivity index (χ3n) is 20.9. The van der Waals surface area contributed by atoms with Crippen molar-refractivity contribution in [2.24, 2.45) is 47.3 Å². The summed E-state index contributed by atoms with van der Waals surface area (Å²) in [6.07, 6.45) is -29.2. The van der Waals surface area contributed by atoms with E-state index in [1.54, 1.807) is 6.92 Å². The van der Waals surface area contributed by atoms with Gasteiger partial charge >= 0.3 is 35.8 Å². The molecule has 114 heavy (non-hydrogen) atoms. The first kappa shape index (κ1) is 92.0. The van der Waals surface area contributed by atoms with Gasteiger partial charge in [-0.3, -0.25) is 0 Å². The van der Waals surface area contributed by atoms with E-state index in [0.29, 0.717) is 5.57 Å². The molecular weight excluding hydrogens is 1530 g/mol. The molecule has 0 aliphatic carbocycles. The molecule has 8 aliphatic heterocycles. The number of hydrogen-bond acceptors (Lipinski definition) is 38. The van der Waals surface area contributed by atoms with E-state index < -0.39 is 284 Å². The zero-order valence-corrected chi connectivity index (χ0v) is 62.0. The van der Waals surface area contributed by atoms with Crippen LogP contribution < -0.4 is 0 Å². The predicted molar refractivity (Wildman–Crippen MR) is 374 cm³/mol. The summed E-state index contributed by atoms with van der Waals surface area (Å²) in [6, 6.07) is 0. The van der Waals surface area contributed by atoms with Gasteiger partial charge in [0.05, 0.1) is 100 Å². The number of allylic oxidation sites excluding steroid dienone is 2. The van der Waals surface area contributed by atoms with Crippen molar-refractivity contribution < 1.29 is 196 Å². The van der Waals surface area contributed by atoms with E-state index in [-0.39, 0.29) is 66.4 Å². The van der Waals surface area contributed by atoms with E-state index in [1.807, 2.05) is 0 Å². The Kier molecular flexibility index (Phi) is 34.3. The molecule has 32 atom stereocenters. The fourth-order valence-corrected chi connectivity index (χ4v) is 14.2. The Morgan fingerprint density at radius 1 is 0.377 bits per heavy atom. The van der Waals surface area contributed by atoms with Crippen LogP contribution in [0.15, 0.2) is 121 Å². The van der Waals surface area contributed by atoms with Crippen LogP contribution in [0.3, 0.4) is 0 Å². The van der Waals surface area contributed by atoms with Crippen LogP contribution in [0, 0.1) is 47.3 Å². The average molecular weight is 1630 g/mol. The first-order valence-corrected chi connectivity index (χ1v) is 36.6. The van der Waals surface area contributed by atoms with Crippen LogP contribution >= 0.6 is 0 Å². The minimum Gasteiger partial charge on any atom is -0.478 e. The summed E-state index contributed by atoms with van der Waals surface area (Å²) in [7, 11) is 0. The molecule has 0 aromatic rings. The van der Waals surface area contributed by atoms with Gasteiger partial charge in [-0.1, -0.05) is 36.0 Å². The molecule has 0 amide bonds. The fraction of sp³-hybridized carbons (Fsp3) is 0.649. The highest BCUT2D eigenvalue weighted by atomic mass is 16.8. The molecule has 0 bridgehead atoms. The van der Waals surface area contributed by atoms with E-state index in [9.17, 15) is 121 Å². The normalized spacial score (nSPS) is 38.5. The van der Waals surface area contributed by atoms with E-state index >= 15 is 0 Å². The smallest absolute Gasteiger partial charge is 0.337 e. The van der Waals surface area contributed by atoms with Gasteiger partial charge in [-0.2, -0.15) is 0 Å². The molecule has 0 aromatic carbocycles. The van der Waals surface area contributed by atoms with Crippen LogP contribution in [0.4, 0.5) is 0 Å². The largest absolute Gasteiger partial charge is 0.478 e. The van der Waals surface area contributed by atoms with Crippen LogP contribution in [0.2, 0.25) is 0 Å². The molecule has 0 aromatic heterocycles. The number of carboxylic acid groups (broad SMARTS) is 2. The van der Waals surface area contributed by atoms with Crippen molar-refractivity contribution in [2.75, 3.05) is 52.9 Å². The van der Waals surface area contributed by atoms with Gasteiger partial charge in [0.2, 0.25) is 25.2 Å². The van der Waals surface area contributed by atoms with E-state index in [2.05, 4.69) is 26.3 Å². The number of ether oxygens (including phenoxy) is 16. The lowest BCUT2D eigenvalue weighted by Crippen LogP contribution is -2.60. The SMILES string of the molecule is C=C[C@H]1[C@H](O[C@@H]2O[C@H](CO)[C@@H](O)[C@H](O)[C@H]2O)OC=C(C(=O)O)[C@H]1CCOC(=O)C1=CO[C@@H](O[C@@H]2O[C@H](CO)[C@@H](O)[C@H](O)[C@H]2O)[C@H](C=C)[C@@H]1CCOC(=O)/C=C(\C)CC/C=C(\C)C(=O)OCC[C@@H]1C(C(=O)OCC[C@@H]2C(C(=O)O)=CO[C@@H](O[C@@H]3O[C@H](CO)[C@@H](O)[C@H](O)[C@H]3O)[C@@H]2C=C)=CO[C@@H](O[C@@H]2O[C@H](CO)[C@@H](O)[C@H](O)[C@H]2O)[C@@H]1C=C. The van der Waals surface area contributed by atoms with Crippen molar-refractivity contribution in [3.8, 4) is 0 Å². The maximum Gasteiger partial charge on any atom is 0.337 e. The van der Waals surface area contributed by atoms with Crippen LogP contribution in [0.25, 0.3) is 0 Å². The van der Waals surface area contributed by atoms with Gasteiger partial charge in [0.15, 0.2) is 25.2 Å². The Hall–Kier alpha value is -7.54. The van der Waals surface area contributed by atoms with Gasteiger partial charge in [0, 0.05) is 59.0 Å². The molecule has 18 N–H and O–H groups in total. The molecule has 8 heterocycles. The lowest BCUT2D eigenvalue weighted by molar-refractivity contribution is -0.339. The number of aliphatic hydroxyl groups is 16. The molecule has 40 heteroatoms. The molecular formula is C74H102O40. The number of hydrogen-bond donors (Lipinski definition) is 18. The Bertz CT molecular complexity index is 3490. The highest BCUT2D eigenvalue weighted by Gasteiger charge is 2.53. The molecule has 4 fully saturated rings. The zero-order valence-electron chi connectivity index (χ0n) is 62.0. The van der Waals surface area contributed by atoms with Gasteiger partial charge < -0.3 is 168 Å². The molecule has 0 saturated carbocycles. The summed E-state index contributed by atoms with van der Waals surface area (Å²) in [4.78, 5) is 80.5. The van der Waals surface area contributed by atoms with Crippen LogP contribution in [-0.4, -0.2) is 329 Å². The predicted octanol–water partition coefficient (Wildman–Crippen LogP) is -4.54. The molecule has 638 valence electrons. The third kappa shape index (κ3) is 21.8. The Morgan fingerprint density at radius 2 is 0.649 bits per heavy atom. The Balaban J connectivity index is 0.894. The number of carbonyl (C=O) groups excluding carboxylic acids is 4. The number of aliphatic hydroxyl groups excluding tert-OH is 16. The Labute approximate surface area is 652 Å². The summed E-state index contributed by atoms with van der Waals surface area (Å²) >= 11 is 0. The molecule has 0 radical (unpaired) electrons. The van der Waals surface area contributed by atoms with Crippen molar-refractivity contribution >= 4 is 35.8 Å². The van der Waals surface area contributed by atoms with Crippen LogP contribution in [-0.2, 0) is 105 Å². The average Bonchev–Trinajstić information content (AvgIpc) is 0.799. The van der Waals surface area contributed by atoms with Gasteiger partial charge in [-0.15, -0.1) is 26.3 Å². The zero-order chi connectivity index (χ0) is 83.7. The molecule has 40 nitrogen and oxygen atoms in total.